The Labute approximate surface area is 157 Å². The van der Waals surface area contributed by atoms with E-state index >= 15 is 0 Å². The second-order valence-electron chi connectivity index (χ2n) is 7.72. The number of aryl methyl sites for hydroxylation is 1. The normalized spacial score (nSPS) is 11.9. The molecule has 0 saturated carbocycles. The van der Waals surface area contributed by atoms with Gasteiger partial charge in [0.25, 0.3) is 5.91 Å². The van der Waals surface area contributed by atoms with Crippen molar-refractivity contribution in [3.63, 3.8) is 0 Å². The van der Waals surface area contributed by atoms with E-state index in [-0.39, 0.29) is 22.3 Å². The van der Waals surface area contributed by atoms with Crippen LogP contribution in [0.15, 0.2) is 29.1 Å². The molecule has 7 nitrogen and oxygen atoms in total. The van der Waals surface area contributed by atoms with Crippen LogP contribution in [0.4, 0.5) is 0 Å². The van der Waals surface area contributed by atoms with Crippen molar-refractivity contribution in [1.82, 2.24) is 19.5 Å². The average Bonchev–Trinajstić information content (AvgIpc) is 2.94. The monoisotopic (exact) mass is 367 g/mol. The summed E-state index contributed by atoms with van der Waals surface area (Å²) in [6.07, 6.45) is 2.48. The number of unbranched alkanes of at least 4 members (excludes halogenated alkanes) is 1. The van der Waals surface area contributed by atoms with E-state index in [0.29, 0.717) is 23.6 Å². The maximum Gasteiger partial charge on any atom is 0.332 e. The van der Waals surface area contributed by atoms with Gasteiger partial charge in [0, 0.05) is 6.42 Å². The predicted molar refractivity (Wildman–Crippen MR) is 105 cm³/mol. The number of aromatic amines is 1. The van der Waals surface area contributed by atoms with E-state index in [1.807, 2.05) is 24.3 Å². The van der Waals surface area contributed by atoms with Crippen molar-refractivity contribution in [1.29, 1.82) is 0 Å². The van der Waals surface area contributed by atoms with Crippen LogP contribution in [-0.4, -0.2) is 25.4 Å². The number of amides is 1. The maximum absolute atomic E-state index is 12.6. The van der Waals surface area contributed by atoms with Crippen LogP contribution in [0.1, 0.15) is 62.4 Å². The highest BCUT2D eigenvalue weighted by molar-refractivity contribution is 6.01. The summed E-state index contributed by atoms with van der Waals surface area (Å²) < 4.78 is 1.46. The van der Waals surface area contributed by atoms with Gasteiger partial charge in [0.15, 0.2) is 11.3 Å². The highest BCUT2D eigenvalue weighted by Crippen LogP contribution is 2.24. The number of fused-ring (bicyclic) bond motifs is 1. The minimum absolute atomic E-state index is 0.0122. The molecule has 0 spiro atoms. The lowest BCUT2D eigenvalue weighted by molar-refractivity contribution is 0.0996. The minimum Gasteiger partial charge on any atom is -0.364 e. The van der Waals surface area contributed by atoms with Gasteiger partial charge in [-0.05, 0) is 29.5 Å². The number of carbonyl (C=O) groups is 1. The van der Waals surface area contributed by atoms with Crippen molar-refractivity contribution in [2.24, 2.45) is 5.73 Å². The predicted octanol–water partition coefficient (Wildman–Crippen LogP) is 2.85. The number of H-pyrrole nitrogens is 1. The molecule has 0 saturated heterocycles. The first kappa shape index (κ1) is 18.8. The third-order valence-electron chi connectivity index (χ3n) is 4.56. The number of benzene rings is 1. The van der Waals surface area contributed by atoms with Gasteiger partial charge in [0.1, 0.15) is 11.3 Å². The molecule has 7 heteroatoms. The average molecular weight is 367 g/mol. The van der Waals surface area contributed by atoms with Crippen LogP contribution in [0.2, 0.25) is 0 Å². The Balaban J connectivity index is 2.21. The fourth-order valence-electron chi connectivity index (χ4n) is 3.00. The molecule has 0 aliphatic carbocycles. The van der Waals surface area contributed by atoms with Crippen LogP contribution in [0.3, 0.4) is 0 Å². The molecule has 2 heterocycles. The lowest BCUT2D eigenvalue weighted by atomic mass is 9.87. The first-order valence-electron chi connectivity index (χ1n) is 9.14. The zero-order valence-electron chi connectivity index (χ0n) is 16.2. The van der Waals surface area contributed by atoms with E-state index in [1.165, 1.54) is 4.57 Å². The van der Waals surface area contributed by atoms with Crippen molar-refractivity contribution in [3.8, 4) is 5.69 Å². The van der Waals surface area contributed by atoms with Gasteiger partial charge in [-0.25, -0.2) is 19.3 Å². The molecule has 3 N–H and O–H groups in total. The standard InChI is InChI=1S/C20H25N5O2/c1-5-6-7-14-22-15(17(21)26)16-18(23-14)25(19(27)24-16)13-10-8-12(9-11-13)20(2,3)4/h8-11H,5-7H2,1-4H3,(H2,21,26)(H,24,27). The van der Waals surface area contributed by atoms with E-state index in [9.17, 15) is 9.59 Å². The molecule has 142 valence electrons. The third-order valence-corrected chi connectivity index (χ3v) is 4.56. The molecule has 0 radical (unpaired) electrons. The summed E-state index contributed by atoms with van der Waals surface area (Å²) in [5, 5.41) is 0. The van der Waals surface area contributed by atoms with Crippen LogP contribution in [0.25, 0.3) is 16.9 Å². The summed E-state index contributed by atoms with van der Waals surface area (Å²) in [5.41, 5.74) is 7.65. The smallest absolute Gasteiger partial charge is 0.332 e. The molecule has 0 unspecified atom stereocenters. The van der Waals surface area contributed by atoms with Gasteiger partial charge in [-0.15, -0.1) is 0 Å². The highest BCUT2D eigenvalue weighted by atomic mass is 16.2. The zero-order valence-corrected chi connectivity index (χ0v) is 16.2. The lowest BCUT2D eigenvalue weighted by Crippen LogP contribution is -2.16. The number of nitrogens with zero attached hydrogens (tertiary/aromatic N) is 3. The molecule has 3 rings (SSSR count). The first-order chi connectivity index (χ1) is 12.7. The molecule has 3 aromatic rings. The van der Waals surface area contributed by atoms with Crippen LogP contribution < -0.4 is 11.4 Å². The Kier molecular flexibility index (Phi) is 4.87. The number of imidazole rings is 1. The van der Waals surface area contributed by atoms with Gasteiger partial charge in [0.05, 0.1) is 5.69 Å². The number of aromatic nitrogens is 4. The van der Waals surface area contributed by atoms with E-state index in [0.717, 1.165) is 18.4 Å². The number of primary amides is 1. The Hall–Kier alpha value is -2.96. The zero-order chi connectivity index (χ0) is 19.8. The molecule has 0 fully saturated rings. The maximum atomic E-state index is 12.6. The van der Waals surface area contributed by atoms with Crippen LogP contribution in [0, 0.1) is 0 Å². The molecule has 1 amide bonds. The van der Waals surface area contributed by atoms with E-state index in [1.54, 1.807) is 0 Å². The van der Waals surface area contributed by atoms with Crippen molar-refractivity contribution in [2.75, 3.05) is 0 Å². The fourth-order valence-corrected chi connectivity index (χ4v) is 3.00. The molecule has 2 aromatic heterocycles. The summed E-state index contributed by atoms with van der Waals surface area (Å²) >= 11 is 0. The molecule has 0 bridgehead atoms. The summed E-state index contributed by atoms with van der Waals surface area (Å²) in [6.45, 7) is 8.46. The Bertz CT molecular complexity index is 1040. The molecule has 0 aliphatic rings. The van der Waals surface area contributed by atoms with Gasteiger partial charge < -0.3 is 10.7 Å². The lowest BCUT2D eigenvalue weighted by Gasteiger charge is -2.19. The van der Waals surface area contributed by atoms with Crippen molar-refractivity contribution in [3.05, 3.63) is 51.8 Å². The number of hydrogen-bond donors (Lipinski definition) is 2. The number of carbonyl (C=O) groups excluding carboxylic acids is 1. The Morgan fingerprint density at radius 1 is 1.19 bits per heavy atom. The summed E-state index contributed by atoms with van der Waals surface area (Å²) in [6, 6.07) is 7.75. The number of hydrogen-bond acceptors (Lipinski definition) is 4. The Morgan fingerprint density at radius 3 is 2.41 bits per heavy atom. The largest absolute Gasteiger partial charge is 0.364 e. The van der Waals surface area contributed by atoms with E-state index in [4.69, 9.17) is 5.73 Å². The van der Waals surface area contributed by atoms with Gasteiger partial charge in [-0.1, -0.05) is 46.2 Å². The van der Waals surface area contributed by atoms with Crippen LogP contribution in [-0.2, 0) is 11.8 Å². The molecule has 1 aromatic carbocycles. The quantitative estimate of drug-likeness (QED) is 0.723. The van der Waals surface area contributed by atoms with Crippen molar-refractivity contribution < 1.29 is 4.79 Å². The van der Waals surface area contributed by atoms with Gasteiger partial charge in [-0.3, -0.25) is 4.79 Å². The Morgan fingerprint density at radius 2 is 1.85 bits per heavy atom. The second kappa shape index (κ2) is 6.98. The van der Waals surface area contributed by atoms with E-state index < -0.39 is 5.91 Å². The van der Waals surface area contributed by atoms with Crippen molar-refractivity contribution in [2.45, 2.75) is 52.4 Å². The minimum atomic E-state index is -0.684. The SMILES string of the molecule is CCCCc1nc(C(N)=O)c2[nH]c(=O)n(-c3ccc(C(C)(C)C)cc3)c2n1. The highest BCUT2D eigenvalue weighted by Gasteiger charge is 2.20. The van der Waals surface area contributed by atoms with Crippen LogP contribution >= 0.6 is 0 Å². The van der Waals surface area contributed by atoms with Crippen LogP contribution in [0.5, 0.6) is 0 Å². The van der Waals surface area contributed by atoms with Crippen molar-refractivity contribution >= 4 is 17.1 Å². The van der Waals surface area contributed by atoms with Gasteiger partial charge in [-0.2, -0.15) is 0 Å². The molecular weight excluding hydrogens is 342 g/mol. The summed E-state index contributed by atoms with van der Waals surface area (Å²) in [5.74, 6) is -0.172. The molecular formula is C20H25N5O2. The number of rotatable bonds is 5. The van der Waals surface area contributed by atoms with Gasteiger partial charge in [0.2, 0.25) is 0 Å². The second-order valence-corrected chi connectivity index (χ2v) is 7.72. The molecule has 0 atom stereocenters. The first-order valence-corrected chi connectivity index (χ1v) is 9.14. The van der Waals surface area contributed by atoms with Gasteiger partial charge >= 0.3 is 5.69 Å². The number of nitrogens with one attached hydrogen (secondary N) is 1. The molecule has 0 aliphatic heterocycles. The third kappa shape index (κ3) is 3.63. The van der Waals surface area contributed by atoms with E-state index in [2.05, 4.69) is 42.6 Å². The summed E-state index contributed by atoms with van der Waals surface area (Å²) in [7, 11) is 0. The summed E-state index contributed by atoms with van der Waals surface area (Å²) in [4.78, 5) is 35.9. The topological polar surface area (TPSA) is 107 Å². The fraction of sp³-hybridized carbons (Fsp3) is 0.400. The number of nitrogens with two attached hydrogens (primary N) is 1. The molecule has 27 heavy (non-hydrogen) atoms.